The molecule has 0 N–H and O–H groups in total. The molecular formula is C4H10Cl3LiMg. The van der Waals surface area contributed by atoms with Crippen molar-refractivity contribution in [3.05, 3.63) is 0 Å². The van der Waals surface area contributed by atoms with E-state index in [9.17, 15) is 0 Å². The second-order valence-electron chi connectivity index (χ2n) is 1.73. The molecule has 0 bridgehead atoms. The molecule has 0 saturated carbocycles. The first-order valence-electron chi connectivity index (χ1n) is 1.73. The molecule has 0 rings (SSSR count). The molecule has 0 aliphatic rings. The molecule has 0 heterocycles. The van der Waals surface area contributed by atoms with Crippen molar-refractivity contribution in [1.29, 1.82) is 0 Å². The van der Waals surface area contributed by atoms with Gasteiger partial charge in [-0.15, -0.1) is 0 Å². The van der Waals surface area contributed by atoms with E-state index in [-0.39, 0.29) is 79.1 Å². The fourth-order valence-electron chi connectivity index (χ4n) is 0. The van der Waals surface area contributed by atoms with Crippen LogP contribution in [0.3, 0.4) is 0 Å². The van der Waals surface area contributed by atoms with Crippen molar-refractivity contribution < 1.29 is 56.1 Å². The number of halogens is 3. The third-order valence-electron chi connectivity index (χ3n) is 0. The molecule has 0 aromatic carbocycles. The summed E-state index contributed by atoms with van der Waals surface area (Å²) in [5, 5.41) is 0. The van der Waals surface area contributed by atoms with Crippen molar-refractivity contribution in [3.8, 4) is 0 Å². The summed E-state index contributed by atoms with van der Waals surface area (Å²) in [7, 11) is 0. The van der Waals surface area contributed by atoms with Crippen LogP contribution in [0.1, 0.15) is 20.8 Å². The second-order valence-corrected chi connectivity index (χ2v) is 1.73. The molecule has 0 saturated heterocycles. The molecule has 0 fully saturated rings. The summed E-state index contributed by atoms with van der Waals surface area (Å²) >= 11 is 0. The molecule has 0 radical (unpaired) electrons. The molecule has 50 valence electrons. The first kappa shape index (κ1) is 43.0. The summed E-state index contributed by atoms with van der Waals surface area (Å²) in [4.78, 5) is 0. The van der Waals surface area contributed by atoms with Gasteiger partial charge in [-0.2, -0.15) is 0 Å². The summed E-state index contributed by atoms with van der Waals surface area (Å²) in [5.41, 5.74) is 0. The quantitative estimate of drug-likeness (QED) is 0.337. The fraction of sp³-hybridized carbons (Fsp3) is 1.00. The topological polar surface area (TPSA) is 0 Å². The standard InChI is InChI=1S/C4H10.3ClH.Li.Mg/c1-4(2)3;;;;;/h4H,1-3H3;3*1H;;/q;;;;+1;+2/p-3. The molecule has 0 aromatic heterocycles. The van der Waals surface area contributed by atoms with Gasteiger partial charge >= 0.3 is 41.9 Å². The van der Waals surface area contributed by atoms with Crippen LogP contribution in [0.15, 0.2) is 0 Å². The summed E-state index contributed by atoms with van der Waals surface area (Å²) in [5.74, 6) is 0.833. The average Bonchev–Trinajstić information content (AvgIpc) is 0.811. The van der Waals surface area contributed by atoms with Crippen LogP contribution in [-0.2, 0) is 0 Å². The first-order valence-corrected chi connectivity index (χ1v) is 1.73. The Balaban J connectivity index is -0.00000000450. The summed E-state index contributed by atoms with van der Waals surface area (Å²) < 4.78 is 0. The third-order valence-corrected chi connectivity index (χ3v) is 0. The van der Waals surface area contributed by atoms with E-state index in [4.69, 9.17) is 0 Å². The Kier molecular flexibility index (Phi) is 152. The smallest absolute Gasteiger partial charge is 1.00 e. The van der Waals surface area contributed by atoms with Gasteiger partial charge in [0.15, 0.2) is 0 Å². The van der Waals surface area contributed by atoms with Crippen molar-refractivity contribution in [2.45, 2.75) is 20.8 Å². The van der Waals surface area contributed by atoms with Crippen LogP contribution >= 0.6 is 0 Å². The number of rotatable bonds is 0. The Morgan fingerprint density at radius 2 is 0.778 bits per heavy atom. The minimum absolute atomic E-state index is 0. The second kappa shape index (κ2) is 31.9. The van der Waals surface area contributed by atoms with E-state index in [0.717, 1.165) is 5.92 Å². The monoisotopic (exact) mass is 194 g/mol. The van der Waals surface area contributed by atoms with Gasteiger partial charge in [-0.25, -0.2) is 0 Å². The molecule has 5 heteroatoms. The summed E-state index contributed by atoms with van der Waals surface area (Å²) in [6.07, 6.45) is 0. The average molecular weight is 196 g/mol. The van der Waals surface area contributed by atoms with Crippen LogP contribution in [0.4, 0.5) is 0 Å². The Labute approximate surface area is 105 Å². The molecule has 0 aliphatic heterocycles. The van der Waals surface area contributed by atoms with Crippen molar-refractivity contribution in [2.75, 3.05) is 0 Å². The Hall–Kier alpha value is 2.23. The van der Waals surface area contributed by atoms with Crippen molar-refractivity contribution >= 4 is 23.1 Å². The summed E-state index contributed by atoms with van der Waals surface area (Å²) in [6.45, 7) is 6.50. The molecule has 0 nitrogen and oxygen atoms in total. The molecule has 0 unspecified atom stereocenters. The van der Waals surface area contributed by atoms with Gasteiger partial charge in [0.2, 0.25) is 0 Å². The molecular weight excluding hydrogens is 186 g/mol. The van der Waals surface area contributed by atoms with Crippen molar-refractivity contribution in [3.63, 3.8) is 0 Å². The Bertz CT molecular complexity index is 20.5. The molecule has 0 spiro atoms. The Morgan fingerprint density at radius 1 is 0.778 bits per heavy atom. The SMILES string of the molecule is CC(C)C.[Cl-].[Cl-].[Cl-].[Li+].[Mg+2]. The third kappa shape index (κ3) is 139. The van der Waals surface area contributed by atoms with Crippen LogP contribution < -0.4 is 56.1 Å². The van der Waals surface area contributed by atoms with Gasteiger partial charge in [0.25, 0.3) is 0 Å². The van der Waals surface area contributed by atoms with E-state index in [2.05, 4.69) is 20.8 Å². The predicted octanol–water partition coefficient (Wildman–Crippen LogP) is -10.7. The predicted molar refractivity (Wildman–Crippen MR) is 26.3 cm³/mol. The van der Waals surface area contributed by atoms with Crippen LogP contribution in [0.5, 0.6) is 0 Å². The minimum Gasteiger partial charge on any atom is -1.00 e. The maximum Gasteiger partial charge on any atom is 2.00 e. The summed E-state index contributed by atoms with van der Waals surface area (Å²) in [6, 6.07) is 0. The number of hydrogen-bond acceptors (Lipinski definition) is 0. The first-order chi connectivity index (χ1) is 1.73. The van der Waals surface area contributed by atoms with E-state index < -0.39 is 0 Å². The number of hydrogen-bond donors (Lipinski definition) is 0. The molecule has 9 heavy (non-hydrogen) atoms. The maximum atomic E-state index is 2.17. The maximum absolute atomic E-state index is 2.17. The minimum atomic E-state index is 0. The normalized spacial score (nSPS) is 4.00. The fourth-order valence-corrected chi connectivity index (χ4v) is 0. The molecule has 0 aromatic rings. The van der Waals surface area contributed by atoms with E-state index in [1.54, 1.807) is 0 Å². The van der Waals surface area contributed by atoms with Gasteiger partial charge in [-0.1, -0.05) is 20.8 Å². The van der Waals surface area contributed by atoms with E-state index in [1.165, 1.54) is 0 Å². The van der Waals surface area contributed by atoms with Gasteiger partial charge in [-0.05, 0) is 5.92 Å². The van der Waals surface area contributed by atoms with Gasteiger partial charge in [0.1, 0.15) is 0 Å². The van der Waals surface area contributed by atoms with Crippen LogP contribution in [0.25, 0.3) is 0 Å². The zero-order chi connectivity index (χ0) is 3.58. The van der Waals surface area contributed by atoms with Crippen molar-refractivity contribution in [2.24, 2.45) is 5.92 Å². The molecule has 0 amide bonds. The van der Waals surface area contributed by atoms with Crippen LogP contribution in [0, 0.1) is 5.92 Å². The zero-order valence-corrected chi connectivity index (χ0v) is 10.1. The zero-order valence-electron chi connectivity index (χ0n) is 6.42. The van der Waals surface area contributed by atoms with Gasteiger partial charge in [0.05, 0.1) is 0 Å². The van der Waals surface area contributed by atoms with E-state index >= 15 is 0 Å². The largest absolute Gasteiger partial charge is 2.00 e. The van der Waals surface area contributed by atoms with Crippen LogP contribution in [0.2, 0.25) is 0 Å². The van der Waals surface area contributed by atoms with Crippen LogP contribution in [-0.4, -0.2) is 23.1 Å². The Morgan fingerprint density at radius 3 is 0.778 bits per heavy atom. The van der Waals surface area contributed by atoms with E-state index in [1.807, 2.05) is 0 Å². The molecule has 0 aliphatic carbocycles. The van der Waals surface area contributed by atoms with Crippen molar-refractivity contribution in [1.82, 2.24) is 0 Å². The van der Waals surface area contributed by atoms with E-state index in [0.29, 0.717) is 0 Å². The van der Waals surface area contributed by atoms with Gasteiger partial charge in [0, 0.05) is 0 Å². The van der Waals surface area contributed by atoms with Gasteiger partial charge in [-0.3, -0.25) is 0 Å². The molecule has 0 atom stereocenters. The van der Waals surface area contributed by atoms with Gasteiger partial charge < -0.3 is 37.2 Å².